The fraction of sp³-hybridized carbons (Fsp3) is 0.400. The monoisotopic (exact) mass is 294 g/mol. The SMILES string of the molecule is OC(c1ccccc1)(C(F)(F)F)C(F)(F)C(F)(F)F. The average Bonchev–Trinajstić information content (AvgIpc) is 2.25. The Morgan fingerprint density at radius 2 is 1.11 bits per heavy atom. The van der Waals surface area contributed by atoms with Gasteiger partial charge in [0.05, 0.1) is 0 Å². The van der Waals surface area contributed by atoms with E-state index in [1.165, 1.54) is 0 Å². The highest BCUT2D eigenvalue weighted by Gasteiger charge is 2.80. The summed E-state index contributed by atoms with van der Waals surface area (Å²) in [7, 11) is 0. The number of aliphatic hydroxyl groups is 1. The van der Waals surface area contributed by atoms with E-state index in [1.807, 2.05) is 0 Å². The Morgan fingerprint density at radius 1 is 0.684 bits per heavy atom. The van der Waals surface area contributed by atoms with Crippen LogP contribution in [0.3, 0.4) is 0 Å². The van der Waals surface area contributed by atoms with Crippen LogP contribution in [0.15, 0.2) is 30.3 Å². The van der Waals surface area contributed by atoms with Crippen LogP contribution in [-0.2, 0) is 5.60 Å². The summed E-state index contributed by atoms with van der Waals surface area (Å²) in [6, 6.07) is 3.39. The lowest BCUT2D eigenvalue weighted by atomic mass is 9.86. The van der Waals surface area contributed by atoms with Crippen LogP contribution >= 0.6 is 0 Å². The maximum atomic E-state index is 13.1. The average molecular weight is 294 g/mol. The van der Waals surface area contributed by atoms with Gasteiger partial charge in [-0.2, -0.15) is 35.1 Å². The molecule has 1 atom stereocenters. The molecule has 19 heavy (non-hydrogen) atoms. The molecular formula is C10H6F8O. The third-order valence-corrected chi connectivity index (χ3v) is 2.41. The fourth-order valence-electron chi connectivity index (χ4n) is 1.41. The molecule has 0 fully saturated rings. The lowest BCUT2D eigenvalue weighted by molar-refractivity contribution is -0.409. The molecular weight excluding hydrogens is 288 g/mol. The van der Waals surface area contributed by atoms with Gasteiger partial charge in [-0.3, -0.25) is 0 Å². The van der Waals surface area contributed by atoms with E-state index in [9.17, 15) is 35.1 Å². The Balaban J connectivity index is 3.57. The Hall–Kier alpha value is -1.38. The molecule has 0 amide bonds. The fourth-order valence-corrected chi connectivity index (χ4v) is 1.41. The molecule has 0 heterocycles. The smallest absolute Gasteiger partial charge is 0.371 e. The number of benzene rings is 1. The second kappa shape index (κ2) is 4.32. The van der Waals surface area contributed by atoms with Gasteiger partial charge in [0.2, 0.25) is 0 Å². The van der Waals surface area contributed by atoms with Crippen LogP contribution in [0.2, 0.25) is 0 Å². The zero-order chi connectivity index (χ0) is 15.1. The zero-order valence-corrected chi connectivity index (χ0v) is 8.86. The predicted molar refractivity (Wildman–Crippen MR) is 47.4 cm³/mol. The topological polar surface area (TPSA) is 20.2 Å². The molecule has 0 aliphatic heterocycles. The minimum Gasteiger partial charge on any atom is -0.371 e. The summed E-state index contributed by atoms with van der Waals surface area (Å²) in [5.74, 6) is -6.39. The van der Waals surface area contributed by atoms with Crippen LogP contribution in [-0.4, -0.2) is 23.4 Å². The molecule has 0 saturated heterocycles. The number of halogens is 8. The van der Waals surface area contributed by atoms with Crippen LogP contribution in [0, 0.1) is 0 Å². The molecule has 108 valence electrons. The van der Waals surface area contributed by atoms with Gasteiger partial charge in [0.15, 0.2) is 0 Å². The van der Waals surface area contributed by atoms with Gasteiger partial charge in [-0.1, -0.05) is 30.3 Å². The minimum absolute atomic E-state index is 0.340. The largest absolute Gasteiger partial charge is 0.457 e. The van der Waals surface area contributed by atoms with Crippen molar-refractivity contribution in [2.75, 3.05) is 0 Å². The van der Waals surface area contributed by atoms with E-state index in [0.29, 0.717) is 12.1 Å². The molecule has 0 aliphatic carbocycles. The second-order valence-corrected chi connectivity index (χ2v) is 3.65. The molecule has 0 aromatic heterocycles. The van der Waals surface area contributed by atoms with Gasteiger partial charge in [-0.15, -0.1) is 0 Å². The Bertz CT molecular complexity index is 435. The highest BCUT2D eigenvalue weighted by Crippen LogP contribution is 2.55. The highest BCUT2D eigenvalue weighted by molar-refractivity contribution is 5.28. The van der Waals surface area contributed by atoms with Crippen LogP contribution < -0.4 is 0 Å². The maximum Gasteiger partial charge on any atom is 0.457 e. The highest BCUT2D eigenvalue weighted by atomic mass is 19.4. The lowest BCUT2D eigenvalue weighted by Crippen LogP contribution is -2.62. The first kappa shape index (κ1) is 15.7. The van der Waals surface area contributed by atoms with Crippen LogP contribution in [0.5, 0.6) is 0 Å². The van der Waals surface area contributed by atoms with Gasteiger partial charge in [-0.25, -0.2) is 0 Å². The van der Waals surface area contributed by atoms with Crippen molar-refractivity contribution in [1.29, 1.82) is 0 Å². The molecule has 1 rings (SSSR count). The summed E-state index contributed by atoms with van der Waals surface area (Å²) in [6.45, 7) is 0. The summed E-state index contributed by atoms with van der Waals surface area (Å²) < 4.78 is 100. The van der Waals surface area contributed by atoms with Gasteiger partial charge in [0.25, 0.3) is 5.60 Å². The van der Waals surface area contributed by atoms with Crippen molar-refractivity contribution >= 4 is 0 Å². The summed E-state index contributed by atoms with van der Waals surface area (Å²) in [5, 5.41) is 9.09. The zero-order valence-electron chi connectivity index (χ0n) is 8.86. The van der Waals surface area contributed by atoms with Gasteiger partial charge < -0.3 is 5.11 Å². The summed E-state index contributed by atoms with van der Waals surface area (Å²) >= 11 is 0. The standard InChI is InChI=1S/C10H6F8O/c11-8(12,10(16,17)18)7(19,9(13,14)15)6-4-2-1-3-5-6/h1-5,19H. The van der Waals surface area contributed by atoms with E-state index in [4.69, 9.17) is 5.11 Å². The van der Waals surface area contributed by atoms with E-state index in [2.05, 4.69) is 0 Å². The first-order chi connectivity index (χ1) is 8.36. The quantitative estimate of drug-likeness (QED) is 0.826. The van der Waals surface area contributed by atoms with Crippen LogP contribution in [0.1, 0.15) is 5.56 Å². The minimum atomic E-state index is -6.56. The first-order valence-corrected chi connectivity index (χ1v) is 4.65. The van der Waals surface area contributed by atoms with E-state index < -0.39 is 29.4 Å². The van der Waals surface area contributed by atoms with Crippen molar-refractivity contribution in [3.05, 3.63) is 35.9 Å². The Labute approximate surface area is 101 Å². The normalized spacial score (nSPS) is 17.1. The van der Waals surface area contributed by atoms with E-state index >= 15 is 0 Å². The number of alkyl halides is 8. The van der Waals surface area contributed by atoms with E-state index in [0.717, 1.165) is 18.2 Å². The first-order valence-electron chi connectivity index (χ1n) is 4.65. The molecule has 0 aliphatic rings. The second-order valence-electron chi connectivity index (χ2n) is 3.65. The van der Waals surface area contributed by atoms with Crippen LogP contribution in [0.25, 0.3) is 0 Å². The summed E-state index contributed by atoms with van der Waals surface area (Å²) in [6.07, 6.45) is -12.8. The molecule has 0 bridgehead atoms. The number of hydrogen-bond donors (Lipinski definition) is 1. The Morgan fingerprint density at radius 3 is 1.42 bits per heavy atom. The maximum absolute atomic E-state index is 13.1. The number of rotatable bonds is 2. The molecule has 1 aromatic carbocycles. The molecule has 1 aromatic rings. The van der Waals surface area contributed by atoms with Crippen LogP contribution in [0.4, 0.5) is 35.1 Å². The molecule has 0 spiro atoms. The molecule has 0 radical (unpaired) electrons. The van der Waals surface area contributed by atoms with Gasteiger partial charge in [0.1, 0.15) is 0 Å². The van der Waals surface area contributed by atoms with Gasteiger partial charge in [-0.05, 0) is 5.56 Å². The van der Waals surface area contributed by atoms with Gasteiger partial charge in [0, 0.05) is 0 Å². The third kappa shape index (κ3) is 2.26. The van der Waals surface area contributed by atoms with E-state index in [1.54, 1.807) is 0 Å². The summed E-state index contributed by atoms with van der Waals surface area (Å²) in [4.78, 5) is 0. The predicted octanol–water partition coefficient (Wildman–Crippen LogP) is 3.63. The van der Waals surface area contributed by atoms with Crippen molar-refractivity contribution in [2.24, 2.45) is 0 Å². The van der Waals surface area contributed by atoms with Crippen molar-refractivity contribution in [2.45, 2.75) is 23.9 Å². The van der Waals surface area contributed by atoms with Crippen molar-refractivity contribution in [3.8, 4) is 0 Å². The van der Waals surface area contributed by atoms with Crippen molar-refractivity contribution in [1.82, 2.24) is 0 Å². The molecule has 1 N–H and O–H groups in total. The number of hydrogen-bond acceptors (Lipinski definition) is 1. The molecule has 0 saturated carbocycles. The van der Waals surface area contributed by atoms with Crippen molar-refractivity contribution in [3.63, 3.8) is 0 Å². The molecule has 1 nitrogen and oxygen atoms in total. The Kier molecular flexibility index (Phi) is 3.57. The summed E-state index contributed by atoms with van der Waals surface area (Å²) in [5.41, 5.74) is -6.94. The van der Waals surface area contributed by atoms with Gasteiger partial charge >= 0.3 is 18.3 Å². The third-order valence-electron chi connectivity index (χ3n) is 2.41. The van der Waals surface area contributed by atoms with E-state index in [-0.39, 0.29) is 0 Å². The molecule has 9 heteroatoms. The molecule has 1 unspecified atom stereocenters. The van der Waals surface area contributed by atoms with Crippen molar-refractivity contribution < 1.29 is 40.2 Å². The lowest BCUT2D eigenvalue weighted by Gasteiger charge is -2.38.